The summed E-state index contributed by atoms with van der Waals surface area (Å²) in [4.78, 5) is 8.70. The van der Waals surface area contributed by atoms with Crippen LogP contribution in [-0.2, 0) is 0 Å². The molecule has 1 aromatic heterocycles. The first kappa shape index (κ1) is 13.9. The number of fused-ring (bicyclic) bond motifs is 1. The van der Waals surface area contributed by atoms with Crippen LogP contribution in [0.15, 0.2) is 45.3 Å². The predicted molar refractivity (Wildman–Crippen MR) is 85.3 cm³/mol. The molecule has 3 aromatic rings. The minimum atomic E-state index is -0.336. The first-order chi connectivity index (χ1) is 9.54. The van der Waals surface area contributed by atoms with Gasteiger partial charge in [-0.15, -0.1) is 0 Å². The van der Waals surface area contributed by atoms with E-state index in [2.05, 4.69) is 41.8 Å². The molecule has 0 bridgehead atoms. The van der Waals surface area contributed by atoms with Gasteiger partial charge in [-0.25, -0.2) is 14.4 Å². The van der Waals surface area contributed by atoms with Crippen LogP contribution in [0, 0.1) is 5.82 Å². The maximum absolute atomic E-state index is 13.3. The highest BCUT2D eigenvalue weighted by molar-refractivity contribution is 9.11. The molecule has 0 atom stereocenters. The van der Waals surface area contributed by atoms with Gasteiger partial charge in [0.1, 0.15) is 11.0 Å². The molecule has 0 N–H and O–H groups in total. The van der Waals surface area contributed by atoms with Gasteiger partial charge in [-0.2, -0.15) is 0 Å². The Bertz CT molecular complexity index is 824. The fourth-order valence-corrected chi connectivity index (χ4v) is 3.42. The topological polar surface area (TPSA) is 25.8 Å². The maximum atomic E-state index is 13.3. The van der Waals surface area contributed by atoms with Gasteiger partial charge in [-0.3, -0.25) is 0 Å². The van der Waals surface area contributed by atoms with Crippen molar-refractivity contribution in [3.8, 4) is 11.4 Å². The SMILES string of the molecule is Fc1cccc(-c2nc(Cl)c3cc(Br)cc(Br)c3n2)c1. The molecule has 1 heterocycles. The molecule has 2 aromatic carbocycles. The van der Waals surface area contributed by atoms with Crippen molar-refractivity contribution in [1.82, 2.24) is 9.97 Å². The van der Waals surface area contributed by atoms with E-state index < -0.39 is 0 Å². The first-order valence-electron chi connectivity index (χ1n) is 5.63. The van der Waals surface area contributed by atoms with Crippen molar-refractivity contribution in [3.05, 3.63) is 56.3 Å². The minimum Gasteiger partial charge on any atom is -0.227 e. The normalized spacial score (nSPS) is 11.0. The molecule has 3 rings (SSSR count). The Hall–Kier alpha value is -1.04. The molecule has 100 valence electrons. The molecular weight excluding hydrogens is 410 g/mol. The molecule has 0 aliphatic carbocycles. The van der Waals surface area contributed by atoms with Crippen LogP contribution in [0.25, 0.3) is 22.3 Å². The van der Waals surface area contributed by atoms with E-state index in [-0.39, 0.29) is 5.82 Å². The lowest BCUT2D eigenvalue weighted by Crippen LogP contribution is -1.93. The lowest BCUT2D eigenvalue weighted by Gasteiger charge is -2.07. The number of benzene rings is 2. The molecule has 0 aliphatic rings. The van der Waals surface area contributed by atoms with Crippen molar-refractivity contribution in [1.29, 1.82) is 0 Å². The van der Waals surface area contributed by atoms with Crippen LogP contribution >= 0.6 is 43.5 Å². The van der Waals surface area contributed by atoms with Crippen molar-refractivity contribution in [2.75, 3.05) is 0 Å². The maximum Gasteiger partial charge on any atom is 0.161 e. The zero-order valence-electron chi connectivity index (χ0n) is 9.87. The number of nitrogens with zero attached hydrogens (tertiary/aromatic N) is 2. The third-order valence-electron chi connectivity index (χ3n) is 2.76. The summed E-state index contributed by atoms with van der Waals surface area (Å²) >= 11 is 13.1. The Balaban J connectivity index is 2.29. The summed E-state index contributed by atoms with van der Waals surface area (Å²) in [5.41, 5.74) is 1.27. The fraction of sp³-hybridized carbons (Fsp3) is 0. The van der Waals surface area contributed by atoms with Crippen LogP contribution in [0.4, 0.5) is 4.39 Å². The van der Waals surface area contributed by atoms with E-state index in [0.29, 0.717) is 22.1 Å². The largest absolute Gasteiger partial charge is 0.227 e. The number of hydrogen-bond acceptors (Lipinski definition) is 2. The van der Waals surface area contributed by atoms with Crippen LogP contribution in [0.3, 0.4) is 0 Å². The van der Waals surface area contributed by atoms with Gasteiger partial charge in [0.05, 0.1) is 5.52 Å². The molecule has 0 amide bonds. The molecule has 0 saturated carbocycles. The van der Waals surface area contributed by atoms with E-state index >= 15 is 0 Å². The number of rotatable bonds is 1. The highest BCUT2D eigenvalue weighted by Crippen LogP contribution is 2.32. The van der Waals surface area contributed by atoms with Gasteiger partial charge in [0.15, 0.2) is 5.82 Å². The summed E-state index contributed by atoms with van der Waals surface area (Å²) in [6, 6.07) is 9.83. The van der Waals surface area contributed by atoms with E-state index in [1.165, 1.54) is 12.1 Å². The highest BCUT2D eigenvalue weighted by Gasteiger charge is 2.11. The highest BCUT2D eigenvalue weighted by atomic mass is 79.9. The second kappa shape index (κ2) is 5.39. The Morgan fingerprint density at radius 2 is 1.85 bits per heavy atom. The van der Waals surface area contributed by atoms with Crippen LogP contribution in [0.1, 0.15) is 0 Å². The summed E-state index contributed by atoms with van der Waals surface area (Å²) in [6.07, 6.45) is 0. The molecule has 0 fully saturated rings. The summed E-state index contributed by atoms with van der Waals surface area (Å²) in [6.45, 7) is 0. The van der Waals surface area contributed by atoms with E-state index in [1.54, 1.807) is 12.1 Å². The van der Waals surface area contributed by atoms with E-state index in [4.69, 9.17) is 11.6 Å². The number of aromatic nitrogens is 2. The van der Waals surface area contributed by atoms with E-state index in [0.717, 1.165) is 14.3 Å². The molecule has 0 saturated heterocycles. The second-order valence-electron chi connectivity index (χ2n) is 4.13. The molecular formula is C14H6Br2ClFN2. The summed E-state index contributed by atoms with van der Waals surface area (Å²) < 4.78 is 15.0. The van der Waals surface area contributed by atoms with Crippen LogP contribution in [0.2, 0.25) is 5.15 Å². The molecule has 6 heteroatoms. The van der Waals surface area contributed by atoms with Crippen LogP contribution in [0.5, 0.6) is 0 Å². The smallest absolute Gasteiger partial charge is 0.161 e. The zero-order valence-corrected chi connectivity index (χ0v) is 13.8. The lowest BCUT2D eigenvalue weighted by molar-refractivity contribution is 0.628. The third-order valence-corrected chi connectivity index (χ3v) is 4.11. The molecule has 0 aliphatic heterocycles. The zero-order chi connectivity index (χ0) is 14.3. The van der Waals surface area contributed by atoms with Crippen molar-refractivity contribution < 1.29 is 4.39 Å². The third kappa shape index (κ3) is 2.57. The molecule has 0 radical (unpaired) electrons. The van der Waals surface area contributed by atoms with Gasteiger partial charge >= 0.3 is 0 Å². The van der Waals surface area contributed by atoms with Crippen molar-refractivity contribution in [2.24, 2.45) is 0 Å². The van der Waals surface area contributed by atoms with Crippen molar-refractivity contribution in [3.63, 3.8) is 0 Å². The van der Waals surface area contributed by atoms with Gasteiger partial charge in [0.25, 0.3) is 0 Å². The lowest BCUT2D eigenvalue weighted by atomic mass is 10.2. The van der Waals surface area contributed by atoms with Crippen molar-refractivity contribution in [2.45, 2.75) is 0 Å². The van der Waals surface area contributed by atoms with Crippen LogP contribution in [-0.4, -0.2) is 9.97 Å². The standard InChI is InChI=1S/C14H6Br2ClFN2/c15-8-5-10-12(11(16)6-8)19-14(20-13(10)17)7-2-1-3-9(18)4-7/h1-6H. The van der Waals surface area contributed by atoms with Gasteiger partial charge in [0.2, 0.25) is 0 Å². The molecule has 0 unspecified atom stereocenters. The van der Waals surface area contributed by atoms with Gasteiger partial charge < -0.3 is 0 Å². The first-order valence-corrected chi connectivity index (χ1v) is 7.59. The fourth-order valence-electron chi connectivity index (χ4n) is 1.88. The molecule has 20 heavy (non-hydrogen) atoms. The molecule has 2 nitrogen and oxygen atoms in total. The average Bonchev–Trinajstić information content (AvgIpc) is 2.39. The summed E-state index contributed by atoms with van der Waals surface area (Å²) in [7, 11) is 0. The Labute approximate surface area is 136 Å². The average molecular weight is 416 g/mol. The second-order valence-corrected chi connectivity index (χ2v) is 6.26. The van der Waals surface area contributed by atoms with Gasteiger partial charge in [-0.05, 0) is 40.2 Å². The Morgan fingerprint density at radius 1 is 1.05 bits per heavy atom. The van der Waals surface area contributed by atoms with E-state index in [9.17, 15) is 4.39 Å². The predicted octanol–water partition coefficient (Wildman–Crippen LogP) is 5.61. The molecule has 0 spiro atoms. The number of hydrogen-bond donors (Lipinski definition) is 0. The van der Waals surface area contributed by atoms with Gasteiger partial charge in [0, 0.05) is 19.9 Å². The summed E-state index contributed by atoms with van der Waals surface area (Å²) in [5, 5.41) is 1.06. The Kier molecular flexibility index (Phi) is 3.75. The van der Waals surface area contributed by atoms with Gasteiger partial charge in [-0.1, -0.05) is 39.7 Å². The van der Waals surface area contributed by atoms with Crippen LogP contribution < -0.4 is 0 Å². The Morgan fingerprint density at radius 3 is 2.60 bits per heavy atom. The minimum absolute atomic E-state index is 0.330. The quantitative estimate of drug-likeness (QED) is 0.482. The summed E-state index contributed by atoms with van der Waals surface area (Å²) in [5.74, 6) is 0.0576. The van der Waals surface area contributed by atoms with Crippen molar-refractivity contribution >= 4 is 54.4 Å². The number of halogens is 4. The monoisotopic (exact) mass is 414 g/mol. The van der Waals surface area contributed by atoms with E-state index in [1.807, 2.05) is 12.1 Å².